The van der Waals surface area contributed by atoms with Crippen LogP contribution in [0.1, 0.15) is 30.1 Å². The molecule has 0 aliphatic carbocycles. The fraction of sp³-hybridized carbons (Fsp3) is 0.533. The van der Waals surface area contributed by atoms with Crippen molar-refractivity contribution >= 4 is 11.4 Å². The Morgan fingerprint density at radius 2 is 2.33 bits per heavy atom. The Morgan fingerprint density at radius 3 is 3.10 bits per heavy atom. The molecule has 2 atom stereocenters. The highest BCUT2D eigenvalue weighted by Gasteiger charge is 2.30. The molecule has 6 heteroatoms. The number of amides is 1. The van der Waals surface area contributed by atoms with Crippen LogP contribution in [-0.2, 0) is 0 Å². The molecule has 0 radical (unpaired) electrons. The minimum atomic E-state index is 0.0611. The molecule has 3 rings (SSSR count). The van der Waals surface area contributed by atoms with Crippen LogP contribution in [0.3, 0.4) is 0 Å². The van der Waals surface area contributed by atoms with Gasteiger partial charge in [-0.25, -0.2) is 4.52 Å². The second-order valence-corrected chi connectivity index (χ2v) is 5.57. The Bertz CT molecular complexity index is 638. The molecule has 1 fully saturated rings. The molecule has 112 valence electrons. The minimum Gasteiger partial charge on any atom is -0.338 e. The van der Waals surface area contributed by atoms with Crippen molar-refractivity contribution < 1.29 is 4.79 Å². The van der Waals surface area contributed by atoms with Crippen molar-refractivity contribution in [2.24, 2.45) is 5.92 Å². The second-order valence-electron chi connectivity index (χ2n) is 5.57. The highest BCUT2D eigenvalue weighted by atomic mass is 16.2. The number of aromatic nitrogens is 3. The fourth-order valence-corrected chi connectivity index (χ4v) is 3.18. The van der Waals surface area contributed by atoms with E-state index in [0.29, 0.717) is 17.5 Å². The molecule has 1 amide bonds. The summed E-state index contributed by atoms with van der Waals surface area (Å²) in [6.07, 6.45) is 8.83. The number of likely N-dealkylation sites (tertiary alicyclic amines) is 1. The number of rotatable bonds is 3. The van der Waals surface area contributed by atoms with Gasteiger partial charge in [-0.15, -0.1) is 0 Å². The first-order chi connectivity index (χ1) is 10.2. The van der Waals surface area contributed by atoms with Gasteiger partial charge in [0.2, 0.25) is 0 Å². The summed E-state index contributed by atoms with van der Waals surface area (Å²) in [5.41, 5.74) is 1.41. The van der Waals surface area contributed by atoms with E-state index in [4.69, 9.17) is 0 Å². The molecule has 0 saturated carbocycles. The van der Waals surface area contributed by atoms with Crippen LogP contribution in [0.2, 0.25) is 0 Å². The third kappa shape index (κ3) is 2.51. The maximum atomic E-state index is 12.8. The van der Waals surface area contributed by atoms with Gasteiger partial charge in [0, 0.05) is 31.5 Å². The first kappa shape index (κ1) is 14.0. The van der Waals surface area contributed by atoms with Crippen LogP contribution in [0.4, 0.5) is 0 Å². The Labute approximate surface area is 124 Å². The summed E-state index contributed by atoms with van der Waals surface area (Å²) < 4.78 is 1.69. The van der Waals surface area contributed by atoms with E-state index >= 15 is 0 Å². The number of hydrogen-bond donors (Lipinski definition) is 1. The summed E-state index contributed by atoms with van der Waals surface area (Å²) in [4.78, 5) is 18.8. The molecule has 1 aliphatic heterocycles. The lowest BCUT2D eigenvalue weighted by Crippen LogP contribution is -2.50. The predicted octanol–water partition coefficient (Wildman–Crippen LogP) is 1.19. The van der Waals surface area contributed by atoms with E-state index < -0.39 is 0 Å². The van der Waals surface area contributed by atoms with Gasteiger partial charge in [0.25, 0.3) is 5.91 Å². The quantitative estimate of drug-likeness (QED) is 0.921. The van der Waals surface area contributed by atoms with E-state index in [9.17, 15) is 4.79 Å². The molecule has 2 aromatic heterocycles. The number of fused-ring (bicyclic) bond motifs is 1. The summed E-state index contributed by atoms with van der Waals surface area (Å²) in [5, 5.41) is 7.59. The van der Waals surface area contributed by atoms with Gasteiger partial charge in [-0.2, -0.15) is 5.10 Å². The fourth-order valence-electron chi connectivity index (χ4n) is 3.18. The van der Waals surface area contributed by atoms with E-state index in [1.807, 2.05) is 11.9 Å². The maximum Gasteiger partial charge on any atom is 0.257 e. The molecule has 1 N–H and O–H groups in total. The van der Waals surface area contributed by atoms with Crippen molar-refractivity contribution in [1.82, 2.24) is 24.8 Å². The number of nitrogens with zero attached hydrogens (tertiary/aromatic N) is 4. The first-order valence-corrected chi connectivity index (χ1v) is 7.48. The van der Waals surface area contributed by atoms with E-state index in [2.05, 4.69) is 22.3 Å². The van der Waals surface area contributed by atoms with Crippen molar-refractivity contribution in [2.45, 2.75) is 25.8 Å². The van der Waals surface area contributed by atoms with Gasteiger partial charge in [-0.05, 0) is 19.4 Å². The highest BCUT2D eigenvalue weighted by molar-refractivity contribution is 6.00. The monoisotopic (exact) mass is 287 g/mol. The molecule has 1 aliphatic rings. The lowest BCUT2D eigenvalue weighted by atomic mass is 9.90. The molecule has 6 nitrogen and oxygen atoms in total. The third-order valence-corrected chi connectivity index (χ3v) is 4.47. The average molecular weight is 287 g/mol. The first-order valence-electron chi connectivity index (χ1n) is 7.48. The summed E-state index contributed by atoms with van der Waals surface area (Å²) in [6, 6.07) is 0.504. The normalized spacial score (nSPS) is 22.7. The SMILES string of the molecule is CCC1CN(C(=O)c2cnn3ccncc23)CCC1NC. The van der Waals surface area contributed by atoms with Crippen LogP contribution >= 0.6 is 0 Å². The minimum absolute atomic E-state index is 0.0611. The Kier molecular flexibility index (Phi) is 3.88. The molecule has 2 aromatic rings. The molecule has 1 saturated heterocycles. The number of piperidine rings is 1. The maximum absolute atomic E-state index is 12.8. The molecular weight excluding hydrogens is 266 g/mol. The summed E-state index contributed by atoms with van der Waals surface area (Å²) in [6.45, 7) is 3.78. The molecule has 0 spiro atoms. The van der Waals surface area contributed by atoms with Gasteiger partial charge in [0.05, 0.1) is 23.5 Å². The summed E-state index contributed by atoms with van der Waals surface area (Å²) >= 11 is 0. The zero-order valence-electron chi connectivity index (χ0n) is 12.5. The third-order valence-electron chi connectivity index (χ3n) is 4.47. The van der Waals surface area contributed by atoms with Crippen LogP contribution in [0.15, 0.2) is 24.8 Å². The zero-order chi connectivity index (χ0) is 14.8. The topological polar surface area (TPSA) is 62.5 Å². The van der Waals surface area contributed by atoms with Crippen LogP contribution in [0.5, 0.6) is 0 Å². The van der Waals surface area contributed by atoms with Gasteiger partial charge in [0.1, 0.15) is 0 Å². The number of carbonyl (C=O) groups is 1. The Hall–Kier alpha value is -1.95. The van der Waals surface area contributed by atoms with Crippen LogP contribution in [0, 0.1) is 5.92 Å². The van der Waals surface area contributed by atoms with E-state index in [0.717, 1.165) is 31.4 Å². The van der Waals surface area contributed by atoms with Crippen molar-refractivity contribution in [1.29, 1.82) is 0 Å². The highest BCUT2D eigenvalue weighted by Crippen LogP contribution is 2.22. The lowest BCUT2D eigenvalue weighted by Gasteiger charge is -2.38. The molecule has 0 aromatic carbocycles. The van der Waals surface area contributed by atoms with E-state index in [-0.39, 0.29) is 5.91 Å². The van der Waals surface area contributed by atoms with Gasteiger partial charge in [-0.1, -0.05) is 13.3 Å². The average Bonchev–Trinajstić information content (AvgIpc) is 2.97. The van der Waals surface area contributed by atoms with Gasteiger partial charge < -0.3 is 10.2 Å². The predicted molar refractivity (Wildman–Crippen MR) is 80.1 cm³/mol. The molecular formula is C15H21N5O. The smallest absolute Gasteiger partial charge is 0.257 e. The van der Waals surface area contributed by atoms with Crippen molar-refractivity contribution in [2.75, 3.05) is 20.1 Å². The summed E-state index contributed by atoms with van der Waals surface area (Å²) in [7, 11) is 2.00. The van der Waals surface area contributed by atoms with Crippen molar-refractivity contribution in [3.8, 4) is 0 Å². The zero-order valence-corrected chi connectivity index (χ0v) is 12.5. The van der Waals surface area contributed by atoms with Crippen molar-refractivity contribution in [3.63, 3.8) is 0 Å². The standard InChI is InChI=1S/C15H21N5O/c1-3-11-10-19(6-4-13(11)16-2)15(21)12-8-18-20-7-5-17-9-14(12)20/h5,7-9,11,13,16H,3-4,6,10H2,1-2H3. The number of hydrogen-bond acceptors (Lipinski definition) is 4. The lowest BCUT2D eigenvalue weighted by molar-refractivity contribution is 0.0633. The molecule has 21 heavy (non-hydrogen) atoms. The van der Waals surface area contributed by atoms with Gasteiger partial charge in [0.15, 0.2) is 0 Å². The number of carbonyl (C=O) groups excluding carboxylic acids is 1. The summed E-state index contributed by atoms with van der Waals surface area (Å²) in [5.74, 6) is 0.568. The molecule has 0 bridgehead atoms. The largest absolute Gasteiger partial charge is 0.338 e. The Balaban J connectivity index is 1.82. The van der Waals surface area contributed by atoms with Crippen LogP contribution in [-0.4, -0.2) is 51.6 Å². The van der Waals surface area contributed by atoms with Gasteiger partial charge >= 0.3 is 0 Å². The van der Waals surface area contributed by atoms with E-state index in [1.54, 1.807) is 29.3 Å². The second kappa shape index (κ2) is 5.81. The van der Waals surface area contributed by atoms with E-state index in [1.165, 1.54) is 0 Å². The number of nitrogens with one attached hydrogen (secondary N) is 1. The molecule has 2 unspecified atom stereocenters. The Morgan fingerprint density at radius 1 is 1.48 bits per heavy atom. The van der Waals surface area contributed by atoms with Crippen molar-refractivity contribution in [3.05, 3.63) is 30.4 Å². The molecule has 3 heterocycles. The van der Waals surface area contributed by atoms with Crippen LogP contribution < -0.4 is 5.32 Å². The van der Waals surface area contributed by atoms with Crippen LogP contribution in [0.25, 0.3) is 5.52 Å². The van der Waals surface area contributed by atoms with Gasteiger partial charge in [-0.3, -0.25) is 9.78 Å².